The second-order valence-corrected chi connectivity index (χ2v) is 6.36. The van der Waals surface area contributed by atoms with E-state index >= 15 is 0 Å². The summed E-state index contributed by atoms with van der Waals surface area (Å²) in [6.45, 7) is 2.27. The molecule has 0 amide bonds. The summed E-state index contributed by atoms with van der Waals surface area (Å²) in [5.74, 6) is -1.65. The molecule has 1 aromatic carbocycles. The van der Waals surface area contributed by atoms with E-state index in [1.54, 1.807) is 6.07 Å². The largest absolute Gasteiger partial charge is 0.390 e. The summed E-state index contributed by atoms with van der Waals surface area (Å²) >= 11 is 0. The van der Waals surface area contributed by atoms with E-state index in [4.69, 9.17) is 4.74 Å². The number of hydrogen-bond acceptors (Lipinski definition) is 4. The molecule has 122 valence electrons. The van der Waals surface area contributed by atoms with Crippen molar-refractivity contribution in [1.82, 2.24) is 4.90 Å². The van der Waals surface area contributed by atoms with Gasteiger partial charge in [-0.2, -0.15) is 0 Å². The van der Waals surface area contributed by atoms with Gasteiger partial charge in [0.2, 0.25) is 0 Å². The summed E-state index contributed by atoms with van der Waals surface area (Å²) in [7, 11) is 0. The van der Waals surface area contributed by atoms with Gasteiger partial charge in [-0.05, 0) is 30.5 Å². The molecule has 2 aliphatic rings. The molecule has 2 fully saturated rings. The van der Waals surface area contributed by atoms with Crippen molar-refractivity contribution in [2.45, 2.75) is 43.6 Å². The number of ether oxygens (including phenoxy) is 1. The van der Waals surface area contributed by atoms with Crippen molar-refractivity contribution in [3.63, 3.8) is 0 Å². The summed E-state index contributed by atoms with van der Waals surface area (Å²) in [5.41, 5.74) is 0.387. The van der Waals surface area contributed by atoms with Crippen molar-refractivity contribution in [2.24, 2.45) is 0 Å². The molecule has 2 saturated heterocycles. The summed E-state index contributed by atoms with van der Waals surface area (Å²) < 4.78 is 31.9. The van der Waals surface area contributed by atoms with Crippen LogP contribution in [0.2, 0.25) is 0 Å². The minimum Gasteiger partial charge on any atom is -0.390 e. The highest BCUT2D eigenvalue weighted by molar-refractivity contribution is 5.17. The van der Waals surface area contributed by atoms with Gasteiger partial charge in [-0.15, -0.1) is 0 Å². The first kappa shape index (κ1) is 15.8. The maximum Gasteiger partial charge on any atom is 0.159 e. The second-order valence-electron chi connectivity index (χ2n) is 6.36. The maximum atomic E-state index is 13.2. The highest BCUT2D eigenvalue weighted by atomic mass is 19.2. The van der Waals surface area contributed by atoms with E-state index in [-0.39, 0.29) is 12.2 Å². The molecule has 0 bridgehead atoms. The van der Waals surface area contributed by atoms with Gasteiger partial charge in [0.05, 0.1) is 18.3 Å². The first-order valence-electron chi connectivity index (χ1n) is 7.64. The molecule has 1 spiro atoms. The Bertz CT molecular complexity index is 532. The number of halogens is 2. The van der Waals surface area contributed by atoms with Gasteiger partial charge in [0.1, 0.15) is 6.10 Å². The fourth-order valence-corrected chi connectivity index (χ4v) is 3.31. The molecule has 2 N–H and O–H groups in total. The Morgan fingerprint density at radius 1 is 1.14 bits per heavy atom. The van der Waals surface area contributed by atoms with E-state index < -0.39 is 23.8 Å². The van der Waals surface area contributed by atoms with Crippen molar-refractivity contribution >= 4 is 0 Å². The normalized spacial score (nSPS) is 28.9. The Morgan fingerprint density at radius 3 is 2.50 bits per heavy atom. The van der Waals surface area contributed by atoms with Crippen LogP contribution in [0.15, 0.2) is 18.2 Å². The van der Waals surface area contributed by atoms with Crippen LogP contribution in [-0.4, -0.2) is 52.6 Å². The third-order valence-electron chi connectivity index (χ3n) is 4.74. The monoisotopic (exact) mass is 313 g/mol. The quantitative estimate of drug-likeness (QED) is 0.867. The topological polar surface area (TPSA) is 52.9 Å². The van der Waals surface area contributed by atoms with Crippen LogP contribution in [0.25, 0.3) is 0 Å². The predicted molar refractivity (Wildman–Crippen MR) is 76.2 cm³/mol. The van der Waals surface area contributed by atoms with Crippen LogP contribution in [-0.2, 0) is 11.3 Å². The smallest absolute Gasteiger partial charge is 0.159 e. The number of aliphatic hydroxyl groups is 2. The Labute approximate surface area is 128 Å². The van der Waals surface area contributed by atoms with Crippen LogP contribution in [0.3, 0.4) is 0 Å². The summed E-state index contributed by atoms with van der Waals surface area (Å²) in [6, 6.07) is 3.98. The number of benzene rings is 1. The molecule has 2 atom stereocenters. The number of nitrogens with zero attached hydrogens (tertiary/aromatic N) is 1. The molecule has 4 nitrogen and oxygen atoms in total. The summed E-state index contributed by atoms with van der Waals surface area (Å²) in [6.07, 6.45) is 0.450. The molecular formula is C16H21F2NO3. The molecule has 0 radical (unpaired) electrons. The molecule has 0 aromatic heterocycles. The van der Waals surface area contributed by atoms with E-state index in [0.29, 0.717) is 13.0 Å². The lowest BCUT2D eigenvalue weighted by Gasteiger charge is -2.46. The first-order valence-corrected chi connectivity index (χ1v) is 7.64. The summed E-state index contributed by atoms with van der Waals surface area (Å²) in [4.78, 5) is 2.17. The van der Waals surface area contributed by atoms with Gasteiger partial charge >= 0.3 is 0 Å². The van der Waals surface area contributed by atoms with Crippen LogP contribution in [0.4, 0.5) is 8.78 Å². The molecule has 2 heterocycles. The van der Waals surface area contributed by atoms with Crippen molar-refractivity contribution < 1.29 is 23.7 Å². The van der Waals surface area contributed by atoms with Crippen LogP contribution in [0.5, 0.6) is 0 Å². The highest BCUT2D eigenvalue weighted by Crippen LogP contribution is 2.35. The van der Waals surface area contributed by atoms with Gasteiger partial charge in [0.15, 0.2) is 11.6 Å². The lowest BCUT2D eigenvalue weighted by molar-refractivity contribution is -0.188. The average molecular weight is 313 g/mol. The molecule has 0 saturated carbocycles. The molecule has 0 unspecified atom stereocenters. The Balaban J connectivity index is 1.56. The van der Waals surface area contributed by atoms with Gasteiger partial charge in [-0.25, -0.2) is 8.78 Å². The van der Waals surface area contributed by atoms with Gasteiger partial charge < -0.3 is 14.9 Å². The van der Waals surface area contributed by atoms with E-state index in [1.165, 1.54) is 6.07 Å². The maximum absolute atomic E-state index is 13.2. The number of aliphatic hydroxyl groups excluding tert-OH is 2. The van der Waals surface area contributed by atoms with Crippen LogP contribution in [0.1, 0.15) is 24.8 Å². The average Bonchev–Trinajstić information content (AvgIpc) is 2.50. The molecule has 2 aliphatic heterocycles. The van der Waals surface area contributed by atoms with Crippen LogP contribution >= 0.6 is 0 Å². The Kier molecular flexibility index (Phi) is 4.45. The zero-order valence-corrected chi connectivity index (χ0v) is 12.3. The lowest BCUT2D eigenvalue weighted by atomic mass is 9.82. The van der Waals surface area contributed by atoms with Gasteiger partial charge in [-0.1, -0.05) is 6.07 Å². The molecule has 22 heavy (non-hydrogen) atoms. The minimum absolute atomic E-state index is 0.171. The zero-order chi connectivity index (χ0) is 15.7. The van der Waals surface area contributed by atoms with Gasteiger partial charge in [0, 0.05) is 26.1 Å². The van der Waals surface area contributed by atoms with Crippen molar-refractivity contribution in [2.75, 3.05) is 19.7 Å². The van der Waals surface area contributed by atoms with Gasteiger partial charge in [-0.3, -0.25) is 4.90 Å². The fourth-order valence-electron chi connectivity index (χ4n) is 3.31. The number of rotatable bonds is 2. The predicted octanol–water partition coefficient (Wildman–Crippen LogP) is 1.44. The number of likely N-dealkylation sites (tertiary alicyclic amines) is 1. The number of piperidine rings is 1. The van der Waals surface area contributed by atoms with Crippen LogP contribution < -0.4 is 0 Å². The minimum atomic E-state index is -0.829. The van der Waals surface area contributed by atoms with Crippen molar-refractivity contribution in [3.05, 3.63) is 35.4 Å². The van der Waals surface area contributed by atoms with E-state index in [2.05, 4.69) is 4.90 Å². The zero-order valence-electron chi connectivity index (χ0n) is 12.3. The van der Waals surface area contributed by atoms with E-state index in [9.17, 15) is 19.0 Å². The van der Waals surface area contributed by atoms with Crippen molar-refractivity contribution in [1.29, 1.82) is 0 Å². The fraction of sp³-hybridized carbons (Fsp3) is 0.625. The second kappa shape index (κ2) is 6.20. The molecular weight excluding hydrogens is 292 g/mol. The van der Waals surface area contributed by atoms with Crippen molar-refractivity contribution in [3.8, 4) is 0 Å². The Morgan fingerprint density at radius 2 is 1.86 bits per heavy atom. The molecule has 3 rings (SSSR count). The van der Waals surface area contributed by atoms with E-state index in [1.807, 2.05) is 0 Å². The molecule has 1 aromatic rings. The SMILES string of the molecule is O[C@@H]1CC2(CCN(Cc3ccc(F)c(F)c3)CC2)OC[C@@H]1O. The lowest BCUT2D eigenvalue weighted by Crippen LogP contribution is -2.54. The van der Waals surface area contributed by atoms with Gasteiger partial charge in [0.25, 0.3) is 0 Å². The molecule has 6 heteroatoms. The van der Waals surface area contributed by atoms with Crippen LogP contribution in [0, 0.1) is 11.6 Å². The Hall–Kier alpha value is -1.08. The third-order valence-corrected chi connectivity index (χ3v) is 4.74. The number of hydrogen-bond donors (Lipinski definition) is 2. The summed E-state index contributed by atoms with van der Waals surface area (Å²) in [5, 5.41) is 19.4. The van der Waals surface area contributed by atoms with E-state index in [0.717, 1.165) is 37.6 Å². The first-order chi connectivity index (χ1) is 10.5. The molecule has 0 aliphatic carbocycles. The standard InChI is InChI=1S/C16H21F2NO3/c17-12-2-1-11(7-13(12)18)9-19-5-3-16(4-6-19)8-14(20)15(21)10-22-16/h1-2,7,14-15,20-21H,3-6,8-10H2/t14-,15+/m1/s1. The third kappa shape index (κ3) is 3.30. The highest BCUT2D eigenvalue weighted by Gasteiger charge is 2.42.